The molecule has 2 rings (SSSR count). The maximum atomic E-state index is 12.8. The van der Waals surface area contributed by atoms with Crippen molar-refractivity contribution in [2.75, 3.05) is 5.73 Å². The minimum atomic E-state index is -0.631. The first kappa shape index (κ1) is 14.6. The first-order valence-electron chi connectivity index (χ1n) is 5.56. The van der Waals surface area contributed by atoms with Crippen LogP contribution < -0.4 is 10.5 Å². The van der Waals surface area contributed by atoms with Gasteiger partial charge >= 0.3 is 0 Å². The topological polar surface area (TPSA) is 59.0 Å². The normalized spacial score (nSPS) is 10.1. The predicted octanol–water partition coefficient (Wildman–Crippen LogP) is 4.82. The smallest absolute Gasteiger partial charge is 0.151 e. The molecule has 0 radical (unpaired) electrons. The number of alkyl halides is 1. The van der Waals surface area contributed by atoms with Crippen molar-refractivity contribution in [1.29, 1.82) is 5.26 Å². The van der Waals surface area contributed by atoms with Crippen molar-refractivity contribution < 1.29 is 9.13 Å². The molecule has 0 amide bonds. The summed E-state index contributed by atoms with van der Waals surface area (Å²) in [6, 6.07) is 9.67. The second kappa shape index (κ2) is 6.12. The number of hydrogen-bond donors (Lipinski definition) is 1. The van der Waals surface area contributed by atoms with Gasteiger partial charge in [-0.3, -0.25) is 0 Å². The molecule has 0 saturated heterocycles. The molecular weight excluding hydrogens is 347 g/mol. The summed E-state index contributed by atoms with van der Waals surface area (Å²) in [4.78, 5) is 0. The third-order valence-electron chi connectivity index (χ3n) is 2.53. The quantitative estimate of drug-likeness (QED) is 0.803. The Morgan fingerprint density at radius 2 is 2.05 bits per heavy atom. The van der Waals surface area contributed by atoms with Crippen molar-refractivity contribution in [3.63, 3.8) is 0 Å². The summed E-state index contributed by atoms with van der Waals surface area (Å²) >= 11 is 9.14. The molecule has 0 aliphatic carbocycles. The summed E-state index contributed by atoms with van der Waals surface area (Å²) in [5, 5.41) is 9.26. The molecule has 0 bridgehead atoms. The van der Waals surface area contributed by atoms with Crippen molar-refractivity contribution >= 4 is 33.2 Å². The molecule has 20 heavy (non-hydrogen) atoms. The van der Waals surface area contributed by atoms with Gasteiger partial charge in [0.15, 0.2) is 5.75 Å². The summed E-state index contributed by atoms with van der Waals surface area (Å²) in [5.74, 6) is 0.668. The van der Waals surface area contributed by atoms with Crippen molar-refractivity contribution in [2.24, 2.45) is 0 Å². The van der Waals surface area contributed by atoms with Crippen LogP contribution in [-0.4, -0.2) is 0 Å². The highest BCUT2D eigenvalue weighted by molar-refractivity contribution is 9.10. The van der Waals surface area contributed by atoms with E-state index in [1.807, 2.05) is 6.07 Å². The Hall–Kier alpha value is -1.77. The number of nitrogen functional groups attached to an aromatic ring is 1. The largest absolute Gasteiger partial charge is 0.455 e. The van der Waals surface area contributed by atoms with Gasteiger partial charge in [0.25, 0.3) is 0 Å². The molecule has 2 aromatic rings. The molecule has 3 nitrogen and oxygen atoms in total. The maximum absolute atomic E-state index is 12.8. The predicted molar refractivity (Wildman–Crippen MR) is 79.6 cm³/mol. The van der Waals surface area contributed by atoms with Crippen LogP contribution in [0, 0.1) is 11.3 Å². The molecule has 0 aliphatic heterocycles. The lowest BCUT2D eigenvalue weighted by Crippen LogP contribution is -1.95. The molecule has 6 heteroatoms. The third-order valence-corrected chi connectivity index (χ3v) is 3.41. The Morgan fingerprint density at radius 3 is 2.70 bits per heavy atom. The molecule has 2 aromatic carbocycles. The summed E-state index contributed by atoms with van der Waals surface area (Å²) < 4.78 is 18.9. The van der Waals surface area contributed by atoms with Crippen LogP contribution in [0.1, 0.15) is 11.1 Å². The standard InChI is InChI=1S/C14H9BrClFN2O/c15-12-3-8(6-17)4-13(14(12)19)20-11-2-9(7-18)1-10(16)5-11/h1-5H,6,19H2. The number of nitriles is 1. The molecule has 0 saturated carbocycles. The molecule has 0 aliphatic rings. The lowest BCUT2D eigenvalue weighted by molar-refractivity contribution is 0.469. The number of halogens is 3. The third kappa shape index (κ3) is 3.21. The maximum Gasteiger partial charge on any atom is 0.151 e. The summed E-state index contributed by atoms with van der Waals surface area (Å²) in [5.41, 5.74) is 7.02. The van der Waals surface area contributed by atoms with E-state index in [1.165, 1.54) is 18.2 Å². The molecule has 102 valence electrons. The van der Waals surface area contributed by atoms with Crippen LogP contribution in [-0.2, 0) is 6.67 Å². The Morgan fingerprint density at radius 1 is 1.30 bits per heavy atom. The molecule has 0 unspecified atom stereocenters. The van der Waals surface area contributed by atoms with Gasteiger partial charge in [-0.1, -0.05) is 11.6 Å². The van der Waals surface area contributed by atoms with Gasteiger partial charge in [-0.05, 0) is 51.8 Å². The lowest BCUT2D eigenvalue weighted by Gasteiger charge is -2.11. The number of nitrogens with two attached hydrogens (primary N) is 1. The highest BCUT2D eigenvalue weighted by atomic mass is 79.9. The minimum absolute atomic E-state index is 0.304. The Kier molecular flexibility index (Phi) is 4.48. The zero-order valence-electron chi connectivity index (χ0n) is 10.2. The van der Waals surface area contributed by atoms with Crippen LogP contribution in [0.5, 0.6) is 11.5 Å². The van der Waals surface area contributed by atoms with E-state index in [4.69, 9.17) is 27.3 Å². The zero-order chi connectivity index (χ0) is 14.7. The number of anilines is 1. The molecule has 0 fully saturated rings. The number of rotatable bonds is 3. The Bertz CT molecular complexity index is 700. The van der Waals surface area contributed by atoms with Gasteiger partial charge in [0.1, 0.15) is 12.4 Å². The van der Waals surface area contributed by atoms with Crippen LogP contribution in [0.3, 0.4) is 0 Å². The summed E-state index contributed by atoms with van der Waals surface area (Å²) in [7, 11) is 0. The van der Waals surface area contributed by atoms with Gasteiger partial charge in [-0.15, -0.1) is 0 Å². The fraction of sp³-hybridized carbons (Fsp3) is 0.0714. The zero-order valence-corrected chi connectivity index (χ0v) is 12.5. The fourth-order valence-corrected chi connectivity index (χ4v) is 2.34. The Balaban J connectivity index is 2.42. The van der Waals surface area contributed by atoms with Crippen LogP contribution >= 0.6 is 27.5 Å². The van der Waals surface area contributed by atoms with E-state index in [9.17, 15) is 4.39 Å². The van der Waals surface area contributed by atoms with Gasteiger partial charge in [0.05, 0.1) is 17.3 Å². The first-order chi connectivity index (χ1) is 9.53. The van der Waals surface area contributed by atoms with Gasteiger partial charge in [0, 0.05) is 9.50 Å². The average Bonchev–Trinajstić information content (AvgIpc) is 2.42. The van der Waals surface area contributed by atoms with E-state index in [0.29, 0.717) is 37.8 Å². The Labute approximate surface area is 128 Å². The van der Waals surface area contributed by atoms with Crippen molar-refractivity contribution in [3.05, 3.63) is 51.0 Å². The van der Waals surface area contributed by atoms with Crippen molar-refractivity contribution in [3.8, 4) is 17.6 Å². The average molecular weight is 356 g/mol. The molecule has 0 heterocycles. The molecule has 0 aromatic heterocycles. The van der Waals surface area contributed by atoms with Crippen LogP contribution in [0.2, 0.25) is 5.02 Å². The molecule has 0 spiro atoms. The van der Waals surface area contributed by atoms with E-state index in [-0.39, 0.29) is 0 Å². The van der Waals surface area contributed by atoms with E-state index >= 15 is 0 Å². The SMILES string of the molecule is N#Cc1cc(Cl)cc(Oc2cc(CF)cc(Br)c2N)c1. The second-order valence-corrected chi connectivity index (χ2v) is 5.30. The second-order valence-electron chi connectivity index (χ2n) is 4.01. The summed E-state index contributed by atoms with van der Waals surface area (Å²) in [6.07, 6.45) is 0. The van der Waals surface area contributed by atoms with Crippen LogP contribution in [0.15, 0.2) is 34.8 Å². The van der Waals surface area contributed by atoms with Gasteiger partial charge in [0.2, 0.25) is 0 Å². The number of nitrogens with zero attached hydrogens (tertiary/aromatic N) is 1. The van der Waals surface area contributed by atoms with E-state index in [1.54, 1.807) is 12.1 Å². The van der Waals surface area contributed by atoms with E-state index in [0.717, 1.165) is 0 Å². The lowest BCUT2D eigenvalue weighted by atomic mass is 10.2. The van der Waals surface area contributed by atoms with E-state index in [2.05, 4.69) is 15.9 Å². The molecule has 0 atom stereocenters. The highest BCUT2D eigenvalue weighted by Gasteiger charge is 2.10. The number of benzene rings is 2. The van der Waals surface area contributed by atoms with Gasteiger partial charge in [-0.25, -0.2) is 4.39 Å². The fourth-order valence-electron chi connectivity index (χ4n) is 1.62. The monoisotopic (exact) mass is 354 g/mol. The first-order valence-corrected chi connectivity index (χ1v) is 6.73. The highest BCUT2D eigenvalue weighted by Crippen LogP contribution is 2.35. The number of ether oxygens (including phenoxy) is 1. The minimum Gasteiger partial charge on any atom is -0.455 e. The van der Waals surface area contributed by atoms with Crippen LogP contribution in [0.4, 0.5) is 10.1 Å². The summed E-state index contributed by atoms with van der Waals surface area (Å²) in [6.45, 7) is -0.631. The van der Waals surface area contributed by atoms with Gasteiger partial charge in [-0.2, -0.15) is 5.26 Å². The van der Waals surface area contributed by atoms with E-state index < -0.39 is 6.67 Å². The number of hydrogen-bond acceptors (Lipinski definition) is 3. The molecule has 2 N–H and O–H groups in total. The molecular formula is C14H9BrClFN2O. The van der Waals surface area contributed by atoms with Gasteiger partial charge < -0.3 is 10.5 Å². The van der Waals surface area contributed by atoms with Crippen molar-refractivity contribution in [2.45, 2.75) is 6.67 Å². The van der Waals surface area contributed by atoms with Crippen molar-refractivity contribution in [1.82, 2.24) is 0 Å². The van der Waals surface area contributed by atoms with Crippen LogP contribution in [0.25, 0.3) is 0 Å².